The maximum atomic E-state index is 12.7. The summed E-state index contributed by atoms with van der Waals surface area (Å²) in [6.45, 7) is 0. The van der Waals surface area contributed by atoms with E-state index >= 15 is 0 Å². The fraction of sp³-hybridized carbons (Fsp3) is 0.118. The number of ether oxygens (including phenoxy) is 1. The number of allylic oxidation sites excluding steroid dienone is 1. The lowest BCUT2D eigenvalue weighted by atomic mass is 10.1. The lowest BCUT2D eigenvalue weighted by Crippen LogP contribution is -2.33. The molecular formula is C17H12F4O2. The van der Waals surface area contributed by atoms with Gasteiger partial charge in [-0.2, -0.15) is 17.6 Å². The van der Waals surface area contributed by atoms with E-state index < -0.39 is 18.3 Å². The van der Waals surface area contributed by atoms with Gasteiger partial charge in [-0.3, -0.25) is 4.79 Å². The highest BCUT2D eigenvalue weighted by molar-refractivity contribution is 6.06. The average Bonchev–Trinajstić information content (AvgIpc) is 2.54. The second-order valence-electron chi connectivity index (χ2n) is 4.60. The van der Waals surface area contributed by atoms with Crippen molar-refractivity contribution >= 4 is 11.9 Å². The molecule has 0 unspecified atom stereocenters. The highest BCUT2D eigenvalue weighted by Gasteiger charge is 2.43. The first-order chi connectivity index (χ1) is 10.9. The lowest BCUT2D eigenvalue weighted by molar-refractivity contribution is -0.253. The van der Waals surface area contributed by atoms with Crippen molar-refractivity contribution in [2.45, 2.75) is 12.5 Å². The van der Waals surface area contributed by atoms with Gasteiger partial charge in [-0.15, -0.1) is 0 Å². The molecule has 0 aliphatic heterocycles. The van der Waals surface area contributed by atoms with Crippen molar-refractivity contribution in [3.8, 4) is 5.75 Å². The summed E-state index contributed by atoms with van der Waals surface area (Å²) in [5, 5.41) is 0. The number of hydrogen-bond acceptors (Lipinski definition) is 2. The molecule has 120 valence electrons. The summed E-state index contributed by atoms with van der Waals surface area (Å²) in [5.74, 6) is -0.792. The zero-order valence-corrected chi connectivity index (χ0v) is 11.8. The first kappa shape index (κ1) is 16.7. The summed E-state index contributed by atoms with van der Waals surface area (Å²) >= 11 is 0. The fourth-order valence-electron chi connectivity index (χ4n) is 1.72. The van der Waals surface area contributed by atoms with Crippen LogP contribution in [0.2, 0.25) is 0 Å². The molecule has 0 aliphatic rings. The number of rotatable bonds is 6. The lowest BCUT2D eigenvalue weighted by Gasteiger charge is -2.16. The Hall–Kier alpha value is -2.63. The molecule has 2 rings (SSSR count). The molecule has 0 aliphatic carbocycles. The van der Waals surface area contributed by atoms with Gasteiger partial charge in [-0.05, 0) is 35.9 Å². The molecule has 0 saturated carbocycles. The van der Waals surface area contributed by atoms with Crippen LogP contribution in [0.5, 0.6) is 5.75 Å². The molecule has 2 aromatic carbocycles. The zero-order valence-electron chi connectivity index (χ0n) is 11.8. The van der Waals surface area contributed by atoms with Gasteiger partial charge in [0.1, 0.15) is 5.75 Å². The quantitative estimate of drug-likeness (QED) is 0.433. The molecular weight excluding hydrogens is 312 g/mol. The number of carbonyl (C=O) groups excluding carboxylic acids is 1. The molecule has 0 atom stereocenters. The van der Waals surface area contributed by atoms with E-state index in [1.807, 2.05) is 30.3 Å². The van der Waals surface area contributed by atoms with Gasteiger partial charge < -0.3 is 4.74 Å². The van der Waals surface area contributed by atoms with Gasteiger partial charge in [-0.25, -0.2) is 0 Å². The van der Waals surface area contributed by atoms with Crippen LogP contribution in [0.15, 0.2) is 60.7 Å². The molecule has 0 amide bonds. The molecule has 2 nitrogen and oxygen atoms in total. The Kier molecular flexibility index (Phi) is 5.16. The molecule has 2 aromatic rings. The number of carbonyl (C=O) groups is 1. The van der Waals surface area contributed by atoms with Gasteiger partial charge in [0.05, 0.1) is 0 Å². The SMILES string of the molecule is O=C(/C=C/c1ccccc1)c1ccc(OC(F)(F)C(F)F)cc1. The number of alkyl halides is 4. The van der Waals surface area contributed by atoms with Gasteiger partial charge in [0, 0.05) is 5.56 Å². The van der Waals surface area contributed by atoms with E-state index in [-0.39, 0.29) is 11.3 Å². The summed E-state index contributed by atoms with van der Waals surface area (Å²) in [4.78, 5) is 11.9. The van der Waals surface area contributed by atoms with Gasteiger partial charge in [0.2, 0.25) is 0 Å². The second kappa shape index (κ2) is 7.09. The molecule has 0 fully saturated rings. The molecule has 0 bridgehead atoms. The number of halogens is 4. The van der Waals surface area contributed by atoms with Crippen LogP contribution in [0.4, 0.5) is 17.6 Å². The zero-order chi connectivity index (χ0) is 16.9. The maximum Gasteiger partial charge on any atom is 0.461 e. The number of benzene rings is 2. The average molecular weight is 324 g/mol. The standard InChI is InChI=1S/C17H12F4O2/c18-16(19)17(20,21)23-14-9-7-13(8-10-14)15(22)11-6-12-4-2-1-3-5-12/h1-11,16H/b11-6+. The van der Waals surface area contributed by atoms with Crippen LogP contribution < -0.4 is 4.74 Å². The van der Waals surface area contributed by atoms with E-state index in [4.69, 9.17) is 0 Å². The van der Waals surface area contributed by atoms with E-state index in [1.165, 1.54) is 18.2 Å². The van der Waals surface area contributed by atoms with Crippen molar-refractivity contribution in [2.75, 3.05) is 0 Å². The second-order valence-corrected chi connectivity index (χ2v) is 4.60. The monoisotopic (exact) mass is 324 g/mol. The fourth-order valence-corrected chi connectivity index (χ4v) is 1.72. The van der Waals surface area contributed by atoms with Crippen molar-refractivity contribution in [3.05, 3.63) is 71.8 Å². The summed E-state index contributed by atoms with van der Waals surface area (Å²) < 4.78 is 53.5. The van der Waals surface area contributed by atoms with Crippen LogP contribution in [-0.4, -0.2) is 18.3 Å². The molecule has 0 N–H and O–H groups in total. The highest BCUT2D eigenvalue weighted by Crippen LogP contribution is 2.27. The van der Waals surface area contributed by atoms with E-state index in [0.29, 0.717) is 0 Å². The third kappa shape index (κ3) is 4.67. The van der Waals surface area contributed by atoms with Gasteiger partial charge in [-0.1, -0.05) is 36.4 Å². The predicted molar refractivity (Wildman–Crippen MR) is 77.8 cm³/mol. The summed E-state index contributed by atoms with van der Waals surface area (Å²) in [7, 11) is 0. The van der Waals surface area contributed by atoms with Gasteiger partial charge in [0.25, 0.3) is 0 Å². The Morgan fingerprint density at radius 2 is 1.61 bits per heavy atom. The summed E-state index contributed by atoms with van der Waals surface area (Å²) in [6.07, 6.45) is -5.56. The van der Waals surface area contributed by atoms with Crippen molar-refractivity contribution in [2.24, 2.45) is 0 Å². The van der Waals surface area contributed by atoms with Crippen molar-refractivity contribution in [1.82, 2.24) is 0 Å². The maximum absolute atomic E-state index is 12.7. The Balaban J connectivity index is 2.04. The molecule has 0 aromatic heterocycles. The first-order valence-corrected chi connectivity index (χ1v) is 6.61. The number of hydrogen-bond donors (Lipinski definition) is 0. The smallest absolute Gasteiger partial charge is 0.428 e. The first-order valence-electron chi connectivity index (χ1n) is 6.61. The Bertz CT molecular complexity index is 679. The van der Waals surface area contributed by atoms with Crippen LogP contribution in [0.3, 0.4) is 0 Å². The van der Waals surface area contributed by atoms with Crippen LogP contribution >= 0.6 is 0 Å². The van der Waals surface area contributed by atoms with Crippen LogP contribution in [-0.2, 0) is 0 Å². The Morgan fingerprint density at radius 1 is 1.00 bits per heavy atom. The third-order valence-electron chi connectivity index (χ3n) is 2.87. The molecule has 0 saturated heterocycles. The van der Waals surface area contributed by atoms with Crippen LogP contribution in [0, 0.1) is 0 Å². The van der Waals surface area contributed by atoms with Crippen LogP contribution in [0.1, 0.15) is 15.9 Å². The minimum absolute atomic E-state index is 0.227. The summed E-state index contributed by atoms with van der Waals surface area (Å²) in [6, 6.07) is 13.6. The predicted octanol–water partition coefficient (Wildman–Crippen LogP) is 4.82. The molecule has 23 heavy (non-hydrogen) atoms. The largest absolute Gasteiger partial charge is 0.461 e. The Morgan fingerprint density at radius 3 is 2.17 bits per heavy atom. The minimum Gasteiger partial charge on any atom is -0.428 e. The highest BCUT2D eigenvalue weighted by atomic mass is 19.3. The van der Waals surface area contributed by atoms with Crippen molar-refractivity contribution in [1.29, 1.82) is 0 Å². The van der Waals surface area contributed by atoms with Gasteiger partial charge >= 0.3 is 12.5 Å². The van der Waals surface area contributed by atoms with E-state index in [9.17, 15) is 22.4 Å². The topological polar surface area (TPSA) is 26.3 Å². The minimum atomic E-state index is -4.57. The van der Waals surface area contributed by atoms with Crippen molar-refractivity contribution in [3.63, 3.8) is 0 Å². The van der Waals surface area contributed by atoms with E-state index in [2.05, 4.69) is 4.74 Å². The molecule has 0 spiro atoms. The Labute approximate surface area is 130 Å². The third-order valence-corrected chi connectivity index (χ3v) is 2.87. The normalized spacial score (nSPS) is 11.9. The molecule has 6 heteroatoms. The molecule has 0 radical (unpaired) electrons. The van der Waals surface area contributed by atoms with Crippen molar-refractivity contribution < 1.29 is 27.1 Å². The van der Waals surface area contributed by atoms with Gasteiger partial charge in [0.15, 0.2) is 5.78 Å². The number of ketones is 1. The van der Waals surface area contributed by atoms with E-state index in [0.717, 1.165) is 17.7 Å². The van der Waals surface area contributed by atoms with E-state index in [1.54, 1.807) is 6.08 Å². The van der Waals surface area contributed by atoms with Crippen LogP contribution in [0.25, 0.3) is 6.08 Å². The molecule has 0 heterocycles. The summed E-state index contributed by atoms with van der Waals surface area (Å²) in [5.41, 5.74) is 1.06.